The van der Waals surface area contributed by atoms with Gasteiger partial charge in [0.25, 0.3) is 11.8 Å². The number of amides is 2. The maximum atomic E-state index is 12.9. The van der Waals surface area contributed by atoms with E-state index in [1.807, 2.05) is 19.1 Å². The number of fused-ring (bicyclic) bond motifs is 1. The highest BCUT2D eigenvalue weighted by molar-refractivity contribution is 6.22. The Morgan fingerprint density at radius 3 is 2.19 bits per heavy atom. The molecule has 1 aliphatic heterocycles. The number of nitrogens with zero attached hydrogens (tertiary/aromatic N) is 1. The van der Waals surface area contributed by atoms with E-state index < -0.39 is 12.1 Å². The van der Waals surface area contributed by atoms with Gasteiger partial charge in [-0.2, -0.15) is 0 Å². The van der Waals surface area contributed by atoms with Crippen LogP contribution in [0.1, 0.15) is 86.0 Å². The molecule has 4 rings (SSSR count). The van der Waals surface area contributed by atoms with Crippen LogP contribution in [0.3, 0.4) is 0 Å². The van der Waals surface area contributed by atoms with Gasteiger partial charge in [-0.1, -0.05) is 49.1 Å². The molecule has 0 radical (unpaired) electrons. The molecule has 1 saturated carbocycles. The van der Waals surface area contributed by atoms with Crippen LogP contribution in [0.5, 0.6) is 0 Å². The van der Waals surface area contributed by atoms with E-state index in [9.17, 15) is 19.2 Å². The van der Waals surface area contributed by atoms with E-state index in [1.54, 1.807) is 12.1 Å². The zero-order valence-corrected chi connectivity index (χ0v) is 17.7. The summed E-state index contributed by atoms with van der Waals surface area (Å²) < 4.78 is 5.35. The first-order valence-electron chi connectivity index (χ1n) is 10.7. The SMILES string of the molecule is Cc1ccc(C(=O)[C@H](C)OC(=O)c2ccc3c(c2)C(=O)N(C2CCCCC2)C3=O)cc1. The van der Waals surface area contributed by atoms with E-state index in [2.05, 4.69) is 0 Å². The number of esters is 1. The number of aryl methyl sites for hydroxylation is 1. The fourth-order valence-electron chi connectivity index (χ4n) is 4.29. The normalized spacial score (nSPS) is 17.4. The van der Waals surface area contributed by atoms with Crippen LogP contribution < -0.4 is 0 Å². The van der Waals surface area contributed by atoms with Crippen LogP contribution >= 0.6 is 0 Å². The van der Waals surface area contributed by atoms with Crippen molar-refractivity contribution in [2.45, 2.75) is 58.1 Å². The molecule has 2 aliphatic rings. The minimum absolute atomic E-state index is 0.0799. The Morgan fingerprint density at radius 2 is 1.52 bits per heavy atom. The number of carbonyl (C=O) groups excluding carboxylic acids is 4. The lowest BCUT2D eigenvalue weighted by atomic mass is 9.94. The Kier molecular flexibility index (Phi) is 5.72. The predicted molar refractivity (Wildman–Crippen MR) is 114 cm³/mol. The first kappa shape index (κ1) is 21.0. The Bertz CT molecular complexity index is 1050. The fourth-order valence-corrected chi connectivity index (χ4v) is 4.29. The van der Waals surface area contributed by atoms with Crippen LogP contribution in [0.4, 0.5) is 0 Å². The molecule has 2 aromatic rings. The zero-order chi connectivity index (χ0) is 22.1. The second-order valence-electron chi connectivity index (χ2n) is 8.31. The molecule has 2 amide bonds. The molecular weight excluding hydrogens is 394 g/mol. The van der Waals surface area contributed by atoms with Crippen molar-refractivity contribution >= 4 is 23.6 Å². The molecule has 0 aromatic heterocycles. The summed E-state index contributed by atoms with van der Waals surface area (Å²) >= 11 is 0. The van der Waals surface area contributed by atoms with Crippen LogP contribution in [-0.4, -0.2) is 40.6 Å². The van der Waals surface area contributed by atoms with E-state index >= 15 is 0 Å². The summed E-state index contributed by atoms with van der Waals surface area (Å²) in [7, 11) is 0. The van der Waals surface area contributed by atoms with E-state index in [0.29, 0.717) is 11.1 Å². The van der Waals surface area contributed by atoms with Crippen LogP contribution in [0.2, 0.25) is 0 Å². The van der Waals surface area contributed by atoms with Crippen LogP contribution in [0.15, 0.2) is 42.5 Å². The molecular formula is C25H25NO5. The van der Waals surface area contributed by atoms with Crippen LogP contribution in [0.25, 0.3) is 0 Å². The summed E-state index contributed by atoms with van der Waals surface area (Å²) in [5.41, 5.74) is 2.18. The molecule has 1 atom stereocenters. The first-order chi connectivity index (χ1) is 14.9. The average molecular weight is 419 g/mol. The van der Waals surface area contributed by atoms with Crippen molar-refractivity contribution in [2.24, 2.45) is 0 Å². The fraction of sp³-hybridized carbons (Fsp3) is 0.360. The van der Waals surface area contributed by atoms with Crippen molar-refractivity contribution in [3.8, 4) is 0 Å². The molecule has 0 bridgehead atoms. The summed E-state index contributed by atoms with van der Waals surface area (Å²) in [6, 6.07) is 11.3. The van der Waals surface area contributed by atoms with Crippen molar-refractivity contribution in [1.82, 2.24) is 4.90 Å². The lowest BCUT2D eigenvalue weighted by Gasteiger charge is -2.29. The molecule has 0 unspecified atom stereocenters. The summed E-state index contributed by atoms with van der Waals surface area (Å²) in [5.74, 6) is -1.66. The third kappa shape index (κ3) is 4.02. The van der Waals surface area contributed by atoms with Gasteiger partial charge in [0.05, 0.1) is 16.7 Å². The Hall–Kier alpha value is -3.28. The van der Waals surface area contributed by atoms with Crippen molar-refractivity contribution in [2.75, 3.05) is 0 Å². The number of hydrogen-bond acceptors (Lipinski definition) is 5. The lowest BCUT2D eigenvalue weighted by Crippen LogP contribution is -2.40. The number of carbonyl (C=O) groups is 4. The van der Waals surface area contributed by atoms with Gasteiger partial charge in [0, 0.05) is 11.6 Å². The first-order valence-corrected chi connectivity index (χ1v) is 10.7. The maximum Gasteiger partial charge on any atom is 0.338 e. The largest absolute Gasteiger partial charge is 0.451 e. The highest BCUT2D eigenvalue weighted by atomic mass is 16.5. The standard InChI is InChI=1S/C25H25NO5/c1-15-8-10-17(11-9-15)22(27)16(2)31-25(30)18-12-13-20-21(14-18)24(29)26(23(20)28)19-6-4-3-5-7-19/h8-14,16,19H,3-7H2,1-2H3/t16-/m0/s1. The smallest absolute Gasteiger partial charge is 0.338 e. The van der Waals surface area contributed by atoms with Crippen molar-refractivity contribution in [3.63, 3.8) is 0 Å². The number of hydrogen-bond donors (Lipinski definition) is 0. The van der Waals surface area contributed by atoms with Gasteiger partial charge in [-0.05, 0) is 44.9 Å². The molecule has 0 N–H and O–H groups in total. The Labute approximate surface area is 181 Å². The number of imide groups is 1. The predicted octanol–water partition coefficient (Wildman–Crippen LogP) is 4.35. The van der Waals surface area contributed by atoms with Gasteiger partial charge < -0.3 is 4.74 Å². The Balaban J connectivity index is 1.49. The molecule has 31 heavy (non-hydrogen) atoms. The van der Waals surface area contributed by atoms with E-state index in [1.165, 1.54) is 30.0 Å². The van der Waals surface area contributed by atoms with Crippen molar-refractivity contribution < 1.29 is 23.9 Å². The number of benzene rings is 2. The number of rotatable bonds is 5. The number of ketones is 1. The highest BCUT2D eigenvalue weighted by Crippen LogP contribution is 2.31. The molecule has 6 heteroatoms. The van der Waals surface area contributed by atoms with Crippen molar-refractivity contribution in [1.29, 1.82) is 0 Å². The lowest BCUT2D eigenvalue weighted by molar-refractivity contribution is 0.0318. The molecule has 0 saturated heterocycles. The molecule has 160 valence electrons. The minimum Gasteiger partial charge on any atom is -0.451 e. The molecule has 1 aliphatic carbocycles. The van der Waals surface area contributed by atoms with Gasteiger partial charge >= 0.3 is 5.97 Å². The summed E-state index contributed by atoms with van der Waals surface area (Å²) in [4.78, 5) is 52.2. The molecule has 2 aromatic carbocycles. The number of Topliss-reactive ketones (excluding diaryl/α,β-unsaturated/α-hetero) is 1. The summed E-state index contributed by atoms with van der Waals surface area (Å²) in [6.07, 6.45) is 3.79. The van der Waals surface area contributed by atoms with Gasteiger partial charge in [0.1, 0.15) is 0 Å². The highest BCUT2D eigenvalue weighted by Gasteiger charge is 2.40. The number of ether oxygens (including phenoxy) is 1. The monoisotopic (exact) mass is 419 g/mol. The summed E-state index contributed by atoms with van der Waals surface area (Å²) in [6.45, 7) is 3.44. The zero-order valence-electron chi connectivity index (χ0n) is 17.7. The van der Waals surface area contributed by atoms with E-state index in [0.717, 1.165) is 37.7 Å². The maximum absolute atomic E-state index is 12.9. The van der Waals surface area contributed by atoms with Crippen molar-refractivity contribution in [3.05, 3.63) is 70.3 Å². The van der Waals surface area contributed by atoms with Crippen LogP contribution in [0, 0.1) is 6.92 Å². The van der Waals surface area contributed by atoms with Gasteiger partial charge in [0.15, 0.2) is 6.10 Å². The topological polar surface area (TPSA) is 80.8 Å². The second kappa shape index (κ2) is 8.46. The van der Waals surface area contributed by atoms with Gasteiger partial charge in [-0.15, -0.1) is 0 Å². The quantitative estimate of drug-likeness (QED) is 0.409. The Morgan fingerprint density at radius 1 is 0.903 bits per heavy atom. The minimum atomic E-state index is -0.973. The molecule has 1 heterocycles. The molecule has 0 spiro atoms. The van der Waals surface area contributed by atoms with Gasteiger partial charge in [0.2, 0.25) is 5.78 Å². The van der Waals surface area contributed by atoms with E-state index in [-0.39, 0.29) is 34.8 Å². The molecule has 1 fully saturated rings. The summed E-state index contributed by atoms with van der Waals surface area (Å²) in [5, 5.41) is 0. The second-order valence-corrected chi connectivity index (χ2v) is 8.31. The average Bonchev–Trinajstić information content (AvgIpc) is 3.03. The van der Waals surface area contributed by atoms with Gasteiger partial charge in [-0.25, -0.2) is 4.79 Å². The van der Waals surface area contributed by atoms with E-state index in [4.69, 9.17) is 4.74 Å². The van der Waals surface area contributed by atoms with Crippen LogP contribution in [-0.2, 0) is 4.74 Å². The third-order valence-corrected chi connectivity index (χ3v) is 6.08. The third-order valence-electron chi connectivity index (χ3n) is 6.08. The molecule has 6 nitrogen and oxygen atoms in total. The van der Waals surface area contributed by atoms with Gasteiger partial charge in [-0.3, -0.25) is 19.3 Å².